The van der Waals surface area contributed by atoms with E-state index in [1.807, 2.05) is 24.3 Å². The first kappa shape index (κ1) is 19.7. The molecule has 2 aromatic heterocycles. The van der Waals surface area contributed by atoms with Crippen molar-refractivity contribution < 1.29 is 13.9 Å². The Morgan fingerprint density at radius 1 is 1.31 bits per heavy atom. The fourth-order valence-electron chi connectivity index (χ4n) is 3.37. The quantitative estimate of drug-likeness (QED) is 0.438. The molecule has 1 aliphatic heterocycles. The zero-order chi connectivity index (χ0) is 20.2. The monoisotopic (exact) mass is 413 g/mol. The van der Waals surface area contributed by atoms with Crippen LogP contribution in [0.4, 0.5) is 0 Å². The molecule has 0 radical (unpaired) electrons. The van der Waals surface area contributed by atoms with Crippen LogP contribution in [0, 0.1) is 0 Å². The molecule has 0 N–H and O–H groups in total. The maximum Gasteiger partial charge on any atom is 0.262 e. The van der Waals surface area contributed by atoms with Crippen molar-refractivity contribution in [2.75, 3.05) is 19.4 Å². The molecule has 1 saturated heterocycles. The highest BCUT2D eigenvalue weighted by molar-refractivity contribution is 7.99. The van der Waals surface area contributed by atoms with Gasteiger partial charge in [-0.1, -0.05) is 23.9 Å². The van der Waals surface area contributed by atoms with Crippen LogP contribution in [0.25, 0.3) is 10.9 Å². The van der Waals surface area contributed by atoms with E-state index in [0.717, 1.165) is 25.2 Å². The molecule has 1 atom stereocenters. The number of carbonyl (C=O) groups excluding carboxylic acids is 1. The molecule has 152 valence electrons. The Morgan fingerprint density at radius 3 is 2.93 bits per heavy atom. The summed E-state index contributed by atoms with van der Waals surface area (Å²) in [5.41, 5.74) is 0.546. The van der Waals surface area contributed by atoms with Crippen LogP contribution in [0.15, 0.2) is 57.0 Å². The highest BCUT2D eigenvalue weighted by atomic mass is 32.2. The summed E-state index contributed by atoms with van der Waals surface area (Å²) < 4.78 is 12.7. The standard InChI is InChI=1S/C21H23N3O4S/c1-23(12-15-6-4-10-27-15)19(25)14-29-21-22-18-9-3-2-8-17(18)20(26)24(21)13-16-7-5-11-28-16/h2-4,6,8-10,16H,5,7,11-14H2,1H3/t16-/m0/s1. The van der Waals surface area contributed by atoms with Crippen molar-refractivity contribution in [3.8, 4) is 0 Å². The number of benzene rings is 1. The molecular weight excluding hydrogens is 390 g/mol. The van der Waals surface area contributed by atoms with Gasteiger partial charge in [0, 0.05) is 13.7 Å². The number of para-hydroxylation sites is 1. The van der Waals surface area contributed by atoms with Crippen molar-refractivity contribution >= 4 is 28.6 Å². The third-order valence-corrected chi connectivity index (χ3v) is 5.92. The summed E-state index contributed by atoms with van der Waals surface area (Å²) in [5.74, 6) is 0.857. The van der Waals surface area contributed by atoms with E-state index in [4.69, 9.17) is 9.15 Å². The molecule has 29 heavy (non-hydrogen) atoms. The van der Waals surface area contributed by atoms with Gasteiger partial charge in [-0.05, 0) is 37.1 Å². The summed E-state index contributed by atoms with van der Waals surface area (Å²) in [5, 5.41) is 1.13. The first-order chi connectivity index (χ1) is 14.1. The van der Waals surface area contributed by atoms with Gasteiger partial charge in [0.1, 0.15) is 5.76 Å². The van der Waals surface area contributed by atoms with Crippen LogP contribution >= 0.6 is 11.8 Å². The van der Waals surface area contributed by atoms with Crippen molar-refractivity contribution in [1.29, 1.82) is 0 Å². The minimum absolute atomic E-state index is 0.00680. The number of furan rings is 1. The number of hydrogen-bond donors (Lipinski definition) is 0. The maximum absolute atomic E-state index is 13.1. The lowest BCUT2D eigenvalue weighted by Gasteiger charge is -2.18. The molecule has 3 heterocycles. The molecule has 1 fully saturated rings. The van der Waals surface area contributed by atoms with E-state index in [9.17, 15) is 9.59 Å². The van der Waals surface area contributed by atoms with Crippen LogP contribution in [0.1, 0.15) is 18.6 Å². The van der Waals surface area contributed by atoms with Gasteiger partial charge < -0.3 is 14.1 Å². The second-order valence-corrected chi connectivity index (χ2v) is 8.02. The Labute approximate surface area is 172 Å². The second-order valence-electron chi connectivity index (χ2n) is 7.08. The predicted octanol–water partition coefficient (Wildman–Crippen LogP) is 2.92. The lowest BCUT2D eigenvalue weighted by Crippen LogP contribution is -2.30. The van der Waals surface area contributed by atoms with Crippen LogP contribution in [-0.4, -0.2) is 45.9 Å². The molecule has 8 heteroatoms. The Bertz CT molecular complexity index is 1040. The lowest BCUT2D eigenvalue weighted by molar-refractivity contribution is -0.127. The highest BCUT2D eigenvalue weighted by Crippen LogP contribution is 2.21. The summed E-state index contributed by atoms with van der Waals surface area (Å²) in [6, 6.07) is 10.9. The van der Waals surface area contributed by atoms with Gasteiger partial charge in [-0.15, -0.1) is 0 Å². The third-order valence-electron chi connectivity index (χ3n) is 4.96. The number of amides is 1. The van der Waals surface area contributed by atoms with Crippen molar-refractivity contribution in [2.45, 2.75) is 37.2 Å². The molecule has 1 aliphatic rings. The fraction of sp³-hybridized carbons (Fsp3) is 0.381. The summed E-state index contributed by atoms with van der Waals surface area (Å²) in [6.45, 7) is 1.58. The number of aromatic nitrogens is 2. The number of rotatable bonds is 7. The van der Waals surface area contributed by atoms with Crippen LogP contribution in [0.3, 0.4) is 0 Å². The Hall–Kier alpha value is -2.58. The number of hydrogen-bond acceptors (Lipinski definition) is 6. The Kier molecular flexibility index (Phi) is 6.01. The van der Waals surface area contributed by atoms with Gasteiger partial charge in [0.05, 0.1) is 42.1 Å². The van der Waals surface area contributed by atoms with E-state index in [-0.39, 0.29) is 23.3 Å². The largest absolute Gasteiger partial charge is 0.467 e. The first-order valence-electron chi connectivity index (χ1n) is 9.62. The number of nitrogens with zero attached hydrogens (tertiary/aromatic N) is 3. The summed E-state index contributed by atoms with van der Waals surface area (Å²) in [7, 11) is 1.73. The molecule has 0 saturated carbocycles. The number of ether oxygens (including phenoxy) is 1. The van der Waals surface area contributed by atoms with Crippen molar-refractivity contribution in [2.24, 2.45) is 0 Å². The van der Waals surface area contributed by atoms with E-state index < -0.39 is 0 Å². The minimum atomic E-state index is -0.0926. The zero-order valence-corrected chi connectivity index (χ0v) is 17.1. The van der Waals surface area contributed by atoms with Gasteiger partial charge in [0.15, 0.2) is 5.16 Å². The number of fused-ring (bicyclic) bond motifs is 1. The van der Waals surface area contributed by atoms with Crippen molar-refractivity contribution in [3.63, 3.8) is 0 Å². The van der Waals surface area contributed by atoms with Crippen LogP contribution in [-0.2, 0) is 22.6 Å². The molecule has 0 unspecified atom stereocenters. The van der Waals surface area contributed by atoms with Crippen molar-refractivity contribution in [1.82, 2.24) is 14.5 Å². The van der Waals surface area contributed by atoms with E-state index in [2.05, 4.69) is 4.98 Å². The zero-order valence-electron chi connectivity index (χ0n) is 16.2. The third kappa shape index (κ3) is 4.54. The van der Waals surface area contributed by atoms with Gasteiger partial charge in [-0.2, -0.15) is 0 Å². The molecule has 0 bridgehead atoms. The van der Waals surface area contributed by atoms with E-state index >= 15 is 0 Å². The van der Waals surface area contributed by atoms with E-state index in [1.54, 1.807) is 34.9 Å². The minimum Gasteiger partial charge on any atom is -0.467 e. The molecule has 1 amide bonds. The van der Waals surface area contributed by atoms with Gasteiger partial charge in [0.25, 0.3) is 5.56 Å². The molecular formula is C21H23N3O4S. The fourth-order valence-corrected chi connectivity index (χ4v) is 4.32. The molecule has 1 aromatic carbocycles. The maximum atomic E-state index is 13.1. The summed E-state index contributed by atoms with van der Waals surface area (Å²) in [4.78, 5) is 31.9. The smallest absolute Gasteiger partial charge is 0.262 e. The molecule has 4 rings (SSSR count). The average Bonchev–Trinajstić information content (AvgIpc) is 3.43. The molecule has 7 nitrogen and oxygen atoms in total. The highest BCUT2D eigenvalue weighted by Gasteiger charge is 2.21. The summed E-state index contributed by atoms with van der Waals surface area (Å²) in [6.07, 6.45) is 3.52. The molecule has 3 aromatic rings. The molecule has 0 aliphatic carbocycles. The Balaban J connectivity index is 1.54. The SMILES string of the molecule is CN(Cc1ccco1)C(=O)CSc1nc2ccccc2c(=O)n1C[C@@H]1CCCO1. The number of carbonyl (C=O) groups is 1. The van der Waals surface area contributed by atoms with E-state index in [1.165, 1.54) is 11.8 Å². The van der Waals surface area contributed by atoms with Crippen molar-refractivity contribution in [3.05, 3.63) is 58.8 Å². The van der Waals surface area contributed by atoms with Gasteiger partial charge in [-0.25, -0.2) is 4.98 Å². The predicted molar refractivity (Wildman–Crippen MR) is 111 cm³/mol. The topological polar surface area (TPSA) is 77.6 Å². The average molecular weight is 413 g/mol. The normalized spacial score (nSPS) is 16.4. The lowest BCUT2D eigenvalue weighted by atomic mass is 10.2. The van der Waals surface area contributed by atoms with E-state index in [0.29, 0.717) is 29.1 Å². The second kappa shape index (κ2) is 8.84. The van der Waals surface area contributed by atoms with Crippen LogP contribution in [0.2, 0.25) is 0 Å². The molecule has 0 spiro atoms. The Morgan fingerprint density at radius 2 is 2.17 bits per heavy atom. The van der Waals surface area contributed by atoms with Crippen LogP contribution in [0.5, 0.6) is 0 Å². The van der Waals surface area contributed by atoms with Gasteiger partial charge >= 0.3 is 0 Å². The first-order valence-corrected chi connectivity index (χ1v) is 10.6. The van der Waals surface area contributed by atoms with Gasteiger partial charge in [0.2, 0.25) is 5.91 Å². The summed E-state index contributed by atoms with van der Waals surface area (Å²) >= 11 is 1.28. The van der Waals surface area contributed by atoms with Crippen LogP contribution < -0.4 is 5.56 Å². The number of thioether (sulfide) groups is 1. The van der Waals surface area contributed by atoms with Gasteiger partial charge in [-0.3, -0.25) is 14.2 Å².